The summed E-state index contributed by atoms with van der Waals surface area (Å²) in [5.41, 5.74) is 0. The van der Waals surface area contributed by atoms with Gasteiger partial charge in [-0.1, -0.05) is 13.3 Å². The van der Waals surface area contributed by atoms with E-state index in [2.05, 4.69) is 5.10 Å². The van der Waals surface area contributed by atoms with Gasteiger partial charge in [0.2, 0.25) is 0 Å². The lowest BCUT2D eigenvalue weighted by atomic mass is 10.3. The van der Waals surface area contributed by atoms with Gasteiger partial charge in [0, 0.05) is 6.54 Å². The van der Waals surface area contributed by atoms with Crippen LogP contribution in [0.15, 0.2) is 5.10 Å². The molecular formula is C8H11F6N3. The molecule has 0 aromatic rings. The Bertz CT molecular complexity index is 289. The lowest BCUT2D eigenvalue weighted by Gasteiger charge is -2.31. The molecule has 0 aromatic carbocycles. The van der Waals surface area contributed by atoms with Crippen LogP contribution < -0.4 is 0 Å². The summed E-state index contributed by atoms with van der Waals surface area (Å²) >= 11 is 0. The van der Waals surface area contributed by atoms with Crippen LogP contribution in [0.2, 0.25) is 0 Å². The highest BCUT2D eigenvalue weighted by molar-refractivity contribution is 5.57. The zero-order valence-electron chi connectivity index (χ0n) is 8.89. The molecular weight excluding hydrogens is 252 g/mol. The van der Waals surface area contributed by atoms with Gasteiger partial charge >= 0.3 is 12.2 Å². The van der Waals surface area contributed by atoms with Gasteiger partial charge in [0.05, 0.1) is 0 Å². The van der Waals surface area contributed by atoms with Crippen LogP contribution >= 0.6 is 0 Å². The quantitative estimate of drug-likeness (QED) is 0.573. The van der Waals surface area contributed by atoms with Gasteiger partial charge in [-0.05, 0) is 6.42 Å². The Hall–Kier alpha value is -1.15. The molecule has 1 heterocycles. The Morgan fingerprint density at radius 1 is 1.24 bits per heavy atom. The standard InChI is InChI=1S/C8H11F6N3/c1-2-3-4-17-6(9)16(5-15-17)8(13,14)7(10,11)12/h5-6H,2-4H2,1H3. The molecule has 1 aliphatic rings. The third-order valence-corrected chi connectivity index (χ3v) is 2.21. The molecule has 0 N–H and O–H groups in total. The molecule has 0 saturated heterocycles. The fourth-order valence-electron chi connectivity index (χ4n) is 1.21. The van der Waals surface area contributed by atoms with Crippen molar-refractivity contribution in [2.24, 2.45) is 5.10 Å². The molecule has 0 spiro atoms. The second-order valence-corrected chi connectivity index (χ2v) is 3.50. The van der Waals surface area contributed by atoms with Crippen molar-refractivity contribution in [1.82, 2.24) is 9.91 Å². The molecule has 0 bridgehead atoms. The predicted molar refractivity (Wildman–Crippen MR) is 47.8 cm³/mol. The average Bonchev–Trinajstić information content (AvgIpc) is 2.55. The molecule has 0 radical (unpaired) electrons. The van der Waals surface area contributed by atoms with E-state index in [-0.39, 0.29) is 12.9 Å². The van der Waals surface area contributed by atoms with E-state index >= 15 is 0 Å². The average molecular weight is 263 g/mol. The van der Waals surface area contributed by atoms with Crippen molar-refractivity contribution >= 4 is 6.34 Å². The van der Waals surface area contributed by atoms with Gasteiger partial charge in [-0.2, -0.15) is 31.4 Å². The number of rotatable bonds is 4. The monoisotopic (exact) mass is 263 g/mol. The van der Waals surface area contributed by atoms with E-state index in [9.17, 15) is 26.3 Å². The van der Waals surface area contributed by atoms with Gasteiger partial charge in [-0.3, -0.25) is 0 Å². The first-order valence-electron chi connectivity index (χ1n) is 4.89. The van der Waals surface area contributed by atoms with Crippen molar-refractivity contribution in [1.29, 1.82) is 0 Å². The van der Waals surface area contributed by atoms with Gasteiger partial charge in [0.25, 0.3) is 6.42 Å². The van der Waals surface area contributed by atoms with Crippen molar-refractivity contribution in [3.63, 3.8) is 0 Å². The second-order valence-electron chi connectivity index (χ2n) is 3.50. The van der Waals surface area contributed by atoms with Crippen LogP contribution in [-0.2, 0) is 0 Å². The van der Waals surface area contributed by atoms with E-state index in [0.717, 1.165) is 0 Å². The van der Waals surface area contributed by atoms with Crippen molar-refractivity contribution in [3.05, 3.63) is 0 Å². The summed E-state index contributed by atoms with van der Waals surface area (Å²) in [6.45, 7) is 1.76. The number of nitrogens with zero attached hydrogens (tertiary/aromatic N) is 3. The highest BCUT2D eigenvalue weighted by atomic mass is 19.4. The number of halogens is 6. The molecule has 100 valence electrons. The number of unbranched alkanes of at least 4 members (excludes halogenated alkanes) is 1. The summed E-state index contributed by atoms with van der Waals surface area (Å²) in [5.74, 6) is 0. The maximum absolute atomic E-state index is 13.3. The van der Waals surface area contributed by atoms with Crippen molar-refractivity contribution in [2.45, 2.75) is 38.4 Å². The number of hydrogen-bond acceptors (Lipinski definition) is 3. The first kappa shape index (κ1) is 13.9. The molecule has 0 aliphatic carbocycles. The van der Waals surface area contributed by atoms with Crippen LogP contribution in [0.25, 0.3) is 0 Å². The largest absolute Gasteiger partial charge is 0.475 e. The Labute approximate surface area is 93.7 Å². The Balaban J connectivity index is 2.74. The minimum Gasteiger partial charge on any atom is -0.245 e. The van der Waals surface area contributed by atoms with E-state index in [1.165, 1.54) is 0 Å². The molecule has 1 unspecified atom stereocenters. The molecule has 1 aliphatic heterocycles. The highest BCUT2D eigenvalue weighted by Crippen LogP contribution is 2.40. The molecule has 17 heavy (non-hydrogen) atoms. The smallest absolute Gasteiger partial charge is 0.245 e. The maximum atomic E-state index is 13.3. The van der Waals surface area contributed by atoms with Crippen LogP contribution in [0.1, 0.15) is 19.8 Å². The summed E-state index contributed by atoms with van der Waals surface area (Å²) in [6, 6.07) is -5.27. The molecule has 1 atom stereocenters. The van der Waals surface area contributed by atoms with Crippen molar-refractivity contribution < 1.29 is 26.3 Å². The zero-order chi connectivity index (χ0) is 13.3. The van der Waals surface area contributed by atoms with Gasteiger partial charge < -0.3 is 0 Å². The van der Waals surface area contributed by atoms with E-state index in [1.54, 1.807) is 6.92 Å². The molecule has 9 heteroatoms. The van der Waals surface area contributed by atoms with Crippen LogP contribution in [0.3, 0.4) is 0 Å². The van der Waals surface area contributed by atoms with E-state index in [0.29, 0.717) is 17.9 Å². The number of hydrazone groups is 1. The molecule has 0 amide bonds. The highest BCUT2D eigenvalue weighted by Gasteiger charge is 2.64. The summed E-state index contributed by atoms with van der Waals surface area (Å²) < 4.78 is 75.0. The maximum Gasteiger partial charge on any atom is 0.475 e. The minimum atomic E-state index is -5.84. The predicted octanol–water partition coefficient (Wildman–Crippen LogP) is 2.76. The summed E-state index contributed by atoms with van der Waals surface area (Å²) in [7, 11) is 0. The molecule has 0 fully saturated rings. The van der Waals surface area contributed by atoms with E-state index in [1.807, 2.05) is 0 Å². The third kappa shape index (κ3) is 2.58. The lowest BCUT2D eigenvalue weighted by molar-refractivity contribution is -0.341. The Kier molecular flexibility index (Phi) is 3.78. The first-order chi connectivity index (χ1) is 7.71. The number of alkyl halides is 6. The van der Waals surface area contributed by atoms with Crippen molar-refractivity contribution in [2.75, 3.05) is 6.54 Å². The summed E-state index contributed by atoms with van der Waals surface area (Å²) in [6.07, 6.45) is -7.17. The fourth-order valence-corrected chi connectivity index (χ4v) is 1.21. The normalized spacial score (nSPS) is 21.5. The summed E-state index contributed by atoms with van der Waals surface area (Å²) in [5, 5.41) is 3.75. The third-order valence-electron chi connectivity index (χ3n) is 2.21. The van der Waals surface area contributed by atoms with Crippen LogP contribution in [0, 0.1) is 0 Å². The SMILES string of the molecule is CCCCN1N=CN(C(F)(F)C(F)(F)F)C1F. The van der Waals surface area contributed by atoms with Crippen LogP contribution in [0.4, 0.5) is 26.3 Å². The van der Waals surface area contributed by atoms with Crippen LogP contribution in [-0.4, -0.2) is 41.4 Å². The minimum absolute atomic E-state index is 0.0153. The zero-order valence-corrected chi connectivity index (χ0v) is 8.89. The van der Waals surface area contributed by atoms with E-state index in [4.69, 9.17) is 0 Å². The first-order valence-corrected chi connectivity index (χ1v) is 4.89. The second kappa shape index (κ2) is 4.61. The van der Waals surface area contributed by atoms with Gasteiger partial charge in [0.1, 0.15) is 6.34 Å². The molecule has 1 rings (SSSR count). The van der Waals surface area contributed by atoms with Gasteiger partial charge in [-0.25, -0.2) is 9.91 Å². The van der Waals surface area contributed by atoms with Gasteiger partial charge in [-0.15, -0.1) is 0 Å². The lowest BCUT2D eigenvalue weighted by Crippen LogP contribution is -2.55. The fraction of sp³-hybridized carbons (Fsp3) is 0.875. The number of hydrogen-bond donors (Lipinski definition) is 0. The topological polar surface area (TPSA) is 18.8 Å². The Morgan fingerprint density at radius 2 is 1.82 bits per heavy atom. The Morgan fingerprint density at radius 3 is 2.29 bits per heavy atom. The molecule has 0 saturated carbocycles. The summed E-state index contributed by atoms with van der Waals surface area (Å²) in [4.78, 5) is -0.733. The van der Waals surface area contributed by atoms with Gasteiger partial charge in [0.15, 0.2) is 0 Å². The van der Waals surface area contributed by atoms with Crippen molar-refractivity contribution in [3.8, 4) is 0 Å². The van der Waals surface area contributed by atoms with Crippen LogP contribution in [0.5, 0.6) is 0 Å². The molecule has 3 nitrogen and oxygen atoms in total. The van der Waals surface area contributed by atoms with E-state index < -0.39 is 23.5 Å². The molecule has 0 aromatic heterocycles.